The van der Waals surface area contributed by atoms with Crippen LogP contribution in [-0.2, 0) is 9.47 Å². The molecule has 2 saturated heterocycles. The highest BCUT2D eigenvalue weighted by atomic mass is 79.9. The number of halogens is 1. The highest BCUT2D eigenvalue weighted by Crippen LogP contribution is 2.24. The molecule has 0 saturated carbocycles. The second-order valence-electron chi connectivity index (χ2n) is 17.2. The van der Waals surface area contributed by atoms with Crippen LogP contribution in [0.3, 0.4) is 0 Å². The van der Waals surface area contributed by atoms with Gasteiger partial charge in [0.25, 0.3) is 0 Å². The topological polar surface area (TPSA) is 103 Å². The molecule has 0 spiro atoms. The molecule has 0 N–H and O–H groups in total. The van der Waals surface area contributed by atoms with Gasteiger partial charge in [-0.15, -0.1) is 17.5 Å². The van der Waals surface area contributed by atoms with Crippen LogP contribution in [-0.4, -0.2) is 97.7 Å². The Balaban J connectivity index is 0.000000323. The predicted molar refractivity (Wildman–Crippen MR) is 221 cm³/mol. The van der Waals surface area contributed by atoms with Crippen molar-refractivity contribution in [3.05, 3.63) is 47.0 Å². The number of aromatic nitrogens is 2. The van der Waals surface area contributed by atoms with Crippen LogP contribution in [0.4, 0.5) is 9.59 Å². The Kier molecular flexibility index (Phi) is 17.4. The molecule has 0 aromatic carbocycles. The first-order chi connectivity index (χ1) is 24.4. The van der Waals surface area contributed by atoms with Crippen LogP contribution in [0, 0.1) is 23.4 Å². The zero-order valence-corrected chi connectivity index (χ0v) is 37.6. The van der Waals surface area contributed by atoms with Gasteiger partial charge in [-0.25, -0.2) is 9.59 Å². The molecule has 13 heteroatoms. The van der Waals surface area contributed by atoms with E-state index in [-0.39, 0.29) is 24.3 Å². The minimum absolute atomic E-state index is 0.0292. The van der Waals surface area contributed by atoms with E-state index in [1.807, 2.05) is 53.7 Å². The first kappa shape index (κ1) is 45.6. The van der Waals surface area contributed by atoms with Gasteiger partial charge in [0, 0.05) is 35.5 Å². The fourth-order valence-electron chi connectivity index (χ4n) is 4.82. The Hall–Kier alpha value is -3.53. The number of hydrogen-bond acceptors (Lipinski definition) is 8. The average Bonchev–Trinajstić information content (AvgIpc) is 3.71. The summed E-state index contributed by atoms with van der Waals surface area (Å²) in [7, 11) is -2.53. The van der Waals surface area contributed by atoms with Crippen LogP contribution >= 0.6 is 15.9 Å². The maximum Gasteiger partial charge on any atom is 0.410 e. The van der Waals surface area contributed by atoms with Crippen LogP contribution in [0.15, 0.2) is 41.4 Å². The molecule has 2 aliphatic rings. The summed E-state index contributed by atoms with van der Waals surface area (Å²) in [5.41, 5.74) is 5.97. The number of rotatable bonds is 6. The SMILES string of the molecule is C#C[Si](C)(C)C.CC(C)(C)OC(=O)N1CCC[C@H]1COc1cncc(Br)c1.CC(C)(C)OC(=O)N1CCC[C@H]1COc1cncc(C#C[Si](C)(C)C)c1. The lowest BCUT2D eigenvalue weighted by molar-refractivity contribution is 0.0177. The maximum atomic E-state index is 12.3. The minimum atomic E-state index is -1.43. The van der Waals surface area contributed by atoms with E-state index in [0.29, 0.717) is 31.3 Å². The van der Waals surface area contributed by atoms with Crippen molar-refractivity contribution >= 4 is 44.3 Å². The van der Waals surface area contributed by atoms with E-state index >= 15 is 0 Å². The van der Waals surface area contributed by atoms with E-state index in [2.05, 4.69) is 82.2 Å². The van der Waals surface area contributed by atoms with Gasteiger partial charge in [0.05, 0.1) is 24.5 Å². The number of amides is 2. The summed E-state index contributed by atoms with van der Waals surface area (Å²) in [6.07, 6.45) is 15.2. The van der Waals surface area contributed by atoms with E-state index in [0.717, 1.165) is 42.3 Å². The fraction of sp³-hybridized carbons (Fsp3) is 0.600. The Morgan fingerprint density at radius 3 is 1.60 bits per heavy atom. The summed E-state index contributed by atoms with van der Waals surface area (Å²) in [5, 5.41) is 0. The van der Waals surface area contributed by atoms with Gasteiger partial charge in [-0.3, -0.25) is 9.97 Å². The summed E-state index contributed by atoms with van der Waals surface area (Å²) in [5.74, 6) is 4.57. The lowest BCUT2D eigenvalue weighted by Gasteiger charge is -2.28. The van der Waals surface area contributed by atoms with Crippen molar-refractivity contribution in [2.45, 2.75) is 130 Å². The van der Waals surface area contributed by atoms with Crippen molar-refractivity contribution in [2.24, 2.45) is 0 Å². The van der Waals surface area contributed by atoms with Crippen molar-refractivity contribution in [1.82, 2.24) is 19.8 Å². The first-order valence-corrected chi connectivity index (χ1v) is 26.1. The molecule has 2 aromatic rings. The number of terminal acetylenes is 1. The molecule has 0 unspecified atom stereocenters. The van der Waals surface area contributed by atoms with Crippen LogP contribution < -0.4 is 9.47 Å². The number of carbonyl (C=O) groups is 2. The molecule has 2 aliphatic heterocycles. The average molecular weight is 830 g/mol. The molecule has 2 fully saturated rings. The van der Waals surface area contributed by atoms with Crippen LogP contribution in [0.1, 0.15) is 72.8 Å². The van der Waals surface area contributed by atoms with Crippen molar-refractivity contribution in [2.75, 3.05) is 26.3 Å². The standard InChI is InChI=1S/C20H30N2O3Si.C15H21BrN2O3.C5H10Si/c1-20(2,3)25-19(23)22-10-7-8-17(22)15-24-18-12-16(13-21-14-18)9-11-26(4,5)6;1-15(2,3)21-14(19)18-6-4-5-12(18)10-20-13-7-11(16)8-17-9-13;1-5-6(2,3)4/h12-14,17H,7-8,10,15H2,1-6H3;7-9,12H,4-6,10H2,1-3H3;1H,2-4H3/t17-;12-;/m00./s1. The zero-order valence-electron chi connectivity index (χ0n) is 34.0. The Morgan fingerprint density at radius 2 is 1.21 bits per heavy atom. The zero-order chi connectivity index (χ0) is 40.0. The summed E-state index contributed by atoms with van der Waals surface area (Å²) >= 11 is 3.36. The van der Waals surface area contributed by atoms with Crippen molar-refractivity contribution in [3.63, 3.8) is 0 Å². The third-order valence-corrected chi connectivity index (χ3v) is 9.48. The number of ether oxygens (including phenoxy) is 4. The largest absolute Gasteiger partial charge is 0.490 e. The number of likely N-dealkylation sites (tertiary alicyclic amines) is 2. The molecule has 0 bridgehead atoms. The summed E-state index contributed by atoms with van der Waals surface area (Å²) < 4.78 is 23.4. The van der Waals surface area contributed by atoms with Crippen LogP contribution in [0.5, 0.6) is 11.5 Å². The fourth-order valence-corrected chi connectivity index (χ4v) is 5.68. The number of carbonyl (C=O) groups excluding carboxylic acids is 2. The molecule has 2 aromatic heterocycles. The molecule has 2 amide bonds. The maximum absolute atomic E-state index is 12.3. The Morgan fingerprint density at radius 1 is 0.774 bits per heavy atom. The van der Waals surface area contributed by atoms with Gasteiger partial charge in [-0.05, 0) is 95.3 Å². The van der Waals surface area contributed by atoms with E-state index in [1.54, 1.807) is 34.6 Å². The smallest absolute Gasteiger partial charge is 0.410 e. The van der Waals surface area contributed by atoms with E-state index in [4.69, 9.17) is 25.4 Å². The minimum Gasteiger partial charge on any atom is -0.490 e. The molecule has 0 radical (unpaired) electrons. The van der Waals surface area contributed by atoms with Gasteiger partial charge < -0.3 is 28.7 Å². The van der Waals surface area contributed by atoms with Gasteiger partial charge in [0.15, 0.2) is 0 Å². The van der Waals surface area contributed by atoms with Crippen molar-refractivity contribution in [1.29, 1.82) is 0 Å². The molecule has 292 valence electrons. The number of nitrogens with zero attached hydrogens (tertiary/aromatic N) is 4. The highest BCUT2D eigenvalue weighted by molar-refractivity contribution is 9.10. The molecular formula is C40H61BrN4O6Si2. The van der Waals surface area contributed by atoms with Gasteiger partial charge in [-0.1, -0.05) is 45.2 Å². The van der Waals surface area contributed by atoms with Gasteiger partial charge in [0.2, 0.25) is 0 Å². The molecule has 53 heavy (non-hydrogen) atoms. The molecule has 4 heterocycles. The van der Waals surface area contributed by atoms with E-state index in [1.165, 1.54) is 0 Å². The monoisotopic (exact) mass is 828 g/mol. The third-order valence-electron chi connectivity index (χ3n) is 7.30. The lowest BCUT2D eigenvalue weighted by Crippen LogP contribution is -2.42. The van der Waals surface area contributed by atoms with Crippen LogP contribution in [0.25, 0.3) is 0 Å². The first-order valence-electron chi connectivity index (χ1n) is 18.3. The summed E-state index contributed by atoms with van der Waals surface area (Å²) in [6.45, 7) is 26.6. The Bertz CT molecular complexity index is 1600. The van der Waals surface area contributed by atoms with Gasteiger partial charge >= 0.3 is 12.2 Å². The molecule has 10 nitrogen and oxygen atoms in total. The normalized spacial score (nSPS) is 17.1. The lowest BCUT2D eigenvalue weighted by atomic mass is 10.2. The number of pyridine rings is 2. The number of hydrogen-bond donors (Lipinski definition) is 0. The van der Waals surface area contributed by atoms with Crippen molar-refractivity contribution < 1.29 is 28.5 Å². The van der Waals surface area contributed by atoms with E-state index < -0.39 is 27.3 Å². The van der Waals surface area contributed by atoms with E-state index in [9.17, 15) is 9.59 Å². The van der Waals surface area contributed by atoms with Crippen LogP contribution in [0.2, 0.25) is 39.3 Å². The highest BCUT2D eigenvalue weighted by Gasteiger charge is 2.34. The van der Waals surface area contributed by atoms with Gasteiger partial charge in [-0.2, -0.15) is 0 Å². The third kappa shape index (κ3) is 19.4. The molecular weight excluding hydrogens is 769 g/mol. The van der Waals surface area contributed by atoms with Crippen molar-refractivity contribution in [3.8, 4) is 34.9 Å². The second-order valence-corrected chi connectivity index (χ2v) is 27.7. The molecule has 2 atom stereocenters. The molecule has 4 rings (SSSR count). The molecule has 0 aliphatic carbocycles. The second kappa shape index (κ2) is 20.2. The predicted octanol–water partition coefficient (Wildman–Crippen LogP) is 9.21. The van der Waals surface area contributed by atoms with Gasteiger partial charge in [0.1, 0.15) is 52.1 Å². The summed E-state index contributed by atoms with van der Waals surface area (Å²) in [4.78, 5) is 36.3. The Labute approximate surface area is 329 Å². The quantitative estimate of drug-likeness (QED) is 0.210. The summed E-state index contributed by atoms with van der Waals surface area (Å²) in [6, 6.07) is 3.85.